The molecule has 5 heteroatoms. The van der Waals surface area contributed by atoms with Crippen LogP contribution in [0.4, 0.5) is 0 Å². The molecule has 0 unspecified atom stereocenters. The third-order valence-corrected chi connectivity index (χ3v) is 5.77. The van der Waals surface area contributed by atoms with Gasteiger partial charge in [0, 0.05) is 22.3 Å². The van der Waals surface area contributed by atoms with Crippen LogP contribution in [0, 0.1) is 0 Å². The fraction of sp³-hybridized carbons (Fsp3) is 0.533. The summed E-state index contributed by atoms with van der Waals surface area (Å²) in [4.78, 5) is 10.9. The molecule has 1 aromatic carbocycles. The number of hydrogen-bond acceptors (Lipinski definition) is 3. The van der Waals surface area contributed by atoms with Crippen LogP contribution in [0.3, 0.4) is 0 Å². The fourth-order valence-corrected chi connectivity index (χ4v) is 3.84. The number of hydrogen-bond donors (Lipinski definition) is 2. The van der Waals surface area contributed by atoms with Gasteiger partial charge in [-0.2, -0.15) is 11.8 Å². The Bertz CT molecular complexity index is 473. The third kappa shape index (κ3) is 4.24. The lowest BCUT2D eigenvalue weighted by atomic mass is 9.95. The maximum Gasteiger partial charge on any atom is 0.335 e. The van der Waals surface area contributed by atoms with E-state index in [1.807, 2.05) is 17.8 Å². The average Bonchev–Trinajstić information content (AvgIpc) is 2.46. The molecule has 0 bridgehead atoms. The molecule has 0 radical (unpaired) electrons. The molecule has 1 aromatic rings. The summed E-state index contributed by atoms with van der Waals surface area (Å²) in [5, 5.41) is 13.4. The Labute approximate surface area is 132 Å². The molecule has 1 saturated carbocycles. The summed E-state index contributed by atoms with van der Waals surface area (Å²) >= 11 is 5.43. The van der Waals surface area contributed by atoms with E-state index in [2.05, 4.69) is 27.5 Å². The molecule has 0 aromatic heterocycles. The van der Waals surface area contributed by atoms with Gasteiger partial charge in [-0.05, 0) is 49.6 Å². The van der Waals surface area contributed by atoms with Crippen LogP contribution in [-0.2, 0) is 6.54 Å². The monoisotopic (exact) mass is 357 g/mol. The van der Waals surface area contributed by atoms with Crippen LogP contribution < -0.4 is 5.32 Å². The molecule has 1 fully saturated rings. The molecule has 110 valence electrons. The second kappa shape index (κ2) is 7.48. The number of carbonyl (C=O) groups is 1. The van der Waals surface area contributed by atoms with Crippen molar-refractivity contribution in [2.75, 3.05) is 6.26 Å². The molecule has 0 amide bonds. The van der Waals surface area contributed by atoms with E-state index in [9.17, 15) is 4.79 Å². The van der Waals surface area contributed by atoms with Crippen LogP contribution in [0.2, 0.25) is 0 Å². The minimum absolute atomic E-state index is 0.320. The lowest BCUT2D eigenvalue weighted by molar-refractivity contribution is 0.0697. The molecular formula is C15H20BrNO2S. The van der Waals surface area contributed by atoms with Crippen molar-refractivity contribution in [2.45, 2.75) is 43.5 Å². The molecule has 0 saturated heterocycles. The largest absolute Gasteiger partial charge is 0.478 e. The van der Waals surface area contributed by atoms with Crippen LogP contribution in [0.1, 0.15) is 41.6 Å². The van der Waals surface area contributed by atoms with Gasteiger partial charge in [-0.25, -0.2) is 4.79 Å². The highest BCUT2D eigenvalue weighted by molar-refractivity contribution is 9.10. The Hall–Kier alpha value is -0.520. The summed E-state index contributed by atoms with van der Waals surface area (Å²) in [6.07, 6.45) is 7.24. The van der Waals surface area contributed by atoms with Gasteiger partial charge in [0.25, 0.3) is 0 Å². The van der Waals surface area contributed by atoms with Crippen molar-refractivity contribution in [3.8, 4) is 0 Å². The summed E-state index contributed by atoms with van der Waals surface area (Å²) in [6.45, 7) is 0.787. The minimum Gasteiger partial charge on any atom is -0.478 e. The van der Waals surface area contributed by atoms with Gasteiger partial charge >= 0.3 is 5.97 Å². The number of halogens is 1. The maximum atomic E-state index is 10.9. The van der Waals surface area contributed by atoms with Crippen molar-refractivity contribution in [3.05, 3.63) is 33.8 Å². The van der Waals surface area contributed by atoms with Gasteiger partial charge in [0.2, 0.25) is 0 Å². The van der Waals surface area contributed by atoms with Gasteiger partial charge in [-0.3, -0.25) is 0 Å². The summed E-state index contributed by atoms with van der Waals surface area (Å²) in [6, 6.07) is 5.80. The van der Waals surface area contributed by atoms with Crippen molar-refractivity contribution in [1.82, 2.24) is 5.32 Å². The van der Waals surface area contributed by atoms with Crippen LogP contribution >= 0.6 is 27.7 Å². The first-order valence-electron chi connectivity index (χ1n) is 6.88. The molecule has 2 N–H and O–H groups in total. The van der Waals surface area contributed by atoms with Gasteiger partial charge in [0.15, 0.2) is 0 Å². The first-order chi connectivity index (χ1) is 9.60. The Balaban J connectivity index is 1.87. The van der Waals surface area contributed by atoms with Crippen molar-refractivity contribution in [3.63, 3.8) is 0 Å². The summed E-state index contributed by atoms with van der Waals surface area (Å²) in [5.74, 6) is -0.888. The van der Waals surface area contributed by atoms with Gasteiger partial charge in [0.1, 0.15) is 0 Å². The topological polar surface area (TPSA) is 49.3 Å². The van der Waals surface area contributed by atoms with Crippen LogP contribution in [0.15, 0.2) is 22.7 Å². The molecule has 2 rings (SSSR count). The smallest absolute Gasteiger partial charge is 0.335 e. The third-order valence-electron chi connectivity index (χ3n) is 3.89. The second-order valence-electron chi connectivity index (χ2n) is 5.20. The highest BCUT2D eigenvalue weighted by atomic mass is 79.9. The van der Waals surface area contributed by atoms with E-state index in [0.717, 1.165) is 21.8 Å². The van der Waals surface area contributed by atoms with E-state index in [-0.39, 0.29) is 0 Å². The first kappa shape index (κ1) is 15.9. The SMILES string of the molecule is CSC1CCC(NCc2ccc(C(=O)O)cc2Br)CC1. The predicted molar refractivity (Wildman–Crippen MR) is 87.5 cm³/mol. The lowest BCUT2D eigenvalue weighted by Crippen LogP contribution is -2.33. The van der Waals surface area contributed by atoms with Crippen LogP contribution in [0.5, 0.6) is 0 Å². The van der Waals surface area contributed by atoms with Gasteiger partial charge in [-0.1, -0.05) is 22.0 Å². The molecule has 0 atom stereocenters. The number of carboxylic acids is 1. The van der Waals surface area contributed by atoms with Crippen molar-refractivity contribution in [2.24, 2.45) is 0 Å². The average molecular weight is 358 g/mol. The molecule has 3 nitrogen and oxygen atoms in total. The number of nitrogens with one attached hydrogen (secondary N) is 1. The molecule has 0 spiro atoms. The van der Waals surface area contributed by atoms with Gasteiger partial charge < -0.3 is 10.4 Å². The Morgan fingerprint density at radius 1 is 1.40 bits per heavy atom. The van der Waals surface area contributed by atoms with Gasteiger partial charge in [0.05, 0.1) is 5.56 Å². The standard InChI is InChI=1S/C15H20BrNO2S/c1-20-13-6-4-12(5-7-13)17-9-11-3-2-10(15(18)19)8-14(11)16/h2-3,8,12-13,17H,4-7,9H2,1H3,(H,18,19). The number of carboxylic acid groups (broad SMARTS) is 1. The van der Waals surface area contributed by atoms with E-state index in [0.29, 0.717) is 11.6 Å². The zero-order valence-electron chi connectivity index (χ0n) is 11.6. The van der Waals surface area contributed by atoms with Crippen LogP contribution in [-0.4, -0.2) is 28.6 Å². The van der Waals surface area contributed by atoms with E-state index >= 15 is 0 Å². The molecule has 0 aliphatic heterocycles. The Morgan fingerprint density at radius 3 is 2.65 bits per heavy atom. The highest BCUT2D eigenvalue weighted by Gasteiger charge is 2.20. The van der Waals surface area contributed by atoms with Crippen molar-refractivity contribution < 1.29 is 9.90 Å². The molecule has 1 aliphatic carbocycles. The lowest BCUT2D eigenvalue weighted by Gasteiger charge is -2.28. The fourth-order valence-electron chi connectivity index (χ4n) is 2.58. The zero-order chi connectivity index (χ0) is 14.5. The normalized spacial score (nSPS) is 22.7. The van der Waals surface area contributed by atoms with Gasteiger partial charge in [-0.15, -0.1) is 0 Å². The van der Waals surface area contributed by atoms with Crippen LogP contribution in [0.25, 0.3) is 0 Å². The zero-order valence-corrected chi connectivity index (χ0v) is 14.0. The van der Waals surface area contributed by atoms with E-state index < -0.39 is 5.97 Å². The van der Waals surface area contributed by atoms with E-state index in [1.54, 1.807) is 12.1 Å². The predicted octanol–water partition coefficient (Wildman–Crippen LogP) is 3.91. The first-order valence-corrected chi connectivity index (χ1v) is 8.96. The quantitative estimate of drug-likeness (QED) is 0.838. The summed E-state index contributed by atoms with van der Waals surface area (Å²) in [5.41, 5.74) is 1.43. The molecule has 0 heterocycles. The number of rotatable bonds is 5. The van der Waals surface area contributed by atoms with Crippen molar-refractivity contribution in [1.29, 1.82) is 0 Å². The number of benzene rings is 1. The molecule has 20 heavy (non-hydrogen) atoms. The van der Waals surface area contributed by atoms with E-state index in [1.165, 1.54) is 25.7 Å². The Kier molecular flexibility index (Phi) is 5.93. The summed E-state index contributed by atoms with van der Waals surface area (Å²) in [7, 11) is 0. The maximum absolute atomic E-state index is 10.9. The highest BCUT2D eigenvalue weighted by Crippen LogP contribution is 2.27. The van der Waals surface area contributed by atoms with Crippen molar-refractivity contribution >= 4 is 33.7 Å². The second-order valence-corrected chi connectivity index (χ2v) is 7.19. The summed E-state index contributed by atoms with van der Waals surface area (Å²) < 4.78 is 0.864. The molecule has 1 aliphatic rings. The van der Waals surface area contributed by atoms with E-state index in [4.69, 9.17) is 5.11 Å². The Morgan fingerprint density at radius 2 is 2.10 bits per heavy atom. The molecular weight excluding hydrogens is 338 g/mol. The minimum atomic E-state index is -0.888. The number of aromatic carboxylic acids is 1. The number of thioether (sulfide) groups is 1.